The number of amides is 1. The van der Waals surface area contributed by atoms with Crippen molar-refractivity contribution in [2.24, 2.45) is 0 Å². The van der Waals surface area contributed by atoms with Gasteiger partial charge in [0.15, 0.2) is 6.10 Å². The Bertz CT molecular complexity index is 1300. The molecule has 0 spiro atoms. The van der Waals surface area contributed by atoms with Crippen LogP contribution in [0.4, 0.5) is 10.5 Å². The molecule has 1 amide bonds. The van der Waals surface area contributed by atoms with Crippen LogP contribution >= 0.6 is 0 Å². The Morgan fingerprint density at radius 3 is 2.44 bits per heavy atom. The highest BCUT2D eigenvalue weighted by Gasteiger charge is 2.50. The number of hydrogen-bond acceptors (Lipinski definition) is 7. The van der Waals surface area contributed by atoms with Crippen LogP contribution in [-0.4, -0.2) is 59.2 Å². The summed E-state index contributed by atoms with van der Waals surface area (Å²) in [5.41, 5.74) is 0.551. The van der Waals surface area contributed by atoms with E-state index in [1.165, 1.54) is 0 Å². The fourth-order valence-corrected chi connectivity index (χ4v) is 5.49. The van der Waals surface area contributed by atoms with Gasteiger partial charge in [0.25, 0.3) is 0 Å². The summed E-state index contributed by atoms with van der Waals surface area (Å²) < 4.78 is 50.8. The van der Waals surface area contributed by atoms with Gasteiger partial charge in [-0.3, -0.25) is 5.32 Å². The van der Waals surface area contributed by atoms with Crippen LogP contribution in [0.25, 0.3) is 10.8 Å². The van der Waals surface area contributed by atoms with E-state index in [0.717, 1.165) is 10.8 Å². The standard InChI is InChI=1S/C24H24N2O7S/c1-30-18-9-7-17(8-10-18)25-24(27)33-21-14-32-22-20(13-31-23(21)22)26-34(28,29)19-11-6-15-4-2-3-5-16(15)12-19/h2-12,20-23,26H,13-14H2,1H3,(H,25,27)/t20-,21-,22-,23+/m0/s1. The zero-order valence-electron chi connectivity index (χ0n) is 18.3. The van der Waals surface area contributed by atoms with Gasteiger partial charge in [-0.15, -0.1) is 0 Å². The Labute approximate surface area is 197 Å². The molecular formula is C24H24N2O7S. The lowest BCUT2D eigenvalue weighted by atomic mass is 10.1. The zero-order valence-corrected chi connectivity index (χ0v) is 19.2. The number of sulfonamides is 1. The van der Waals surface area contributed by atoms with Gasteiger partial charge in [-0.2, -0.15) is 0 Å². The minimum absolute atomic E-state index is 0.111. The van der Waals surface area contributed by atoms with Gasteiger partial charge in [-0.25, -0.2) is 17.9 Å². The summed E-state index contributed by atoms with van der Waals surface area (Å²) in [6.45, 7) is 0.224. The van der Waals surface area contributed by atoms with Crippen molar-refractivity contribution in [3.8, 4) is 5.75 Å². The van der Waals surface area contributed by atoms with Crippen LogP contribution < -0.4 is 14.8 Å². The van der Waals surface area contributed by atoms with Crippen molar-refractivity contribution in [1.29, 1.82) is 0 Å². The van der Waals surface area contributed by atoms with Crippen LogP contribution in [0.1, 0.15) is 0 Å². The third kappa shape index (κ3) is 4.58. The molecular weight excluding hydrogens is 460 g/mol. The van der Waals surface area contributed by atoms with Crippen LogP contribution in [0.15, 0.2) is 71.6 Å². The van der Waals surface area contributed by atoms with E-state index < -0.39 is 40.5 Å². The topological polar surface area (TPSA) is 112 Å². The number of ether oxygens (including phenoxy) is 4. The van der Waals surface area contributed by atoms with Crippen LogP contribution in [0, 0.1) is 0 Å². The smallest absolute Gasteiger partial charge is 0.412 e. The summed E-state index contributed by atoms with van der Waals surface area (Å²) in [5.74, 6) is 0.669. The van der Waals surface area contributed by atoms with Crippen molar-refractivity contribution in [1.82, 2.24) is 4.72 Å². The predicted octanol–water partition coefficient (Wildman–Crippen LogP) is 2.91. The summed E-state index contributed by atoms with van der Waals surface area (Å²) >= 11 is 0. The quantitative estimate of drug-likeness (QED) is 0.553. The number of carbonyl (C=O) groups is 1. The van der Waals surface area contributed by atoms with Gasteiger partial charge in [0.1, 0.15) is 18.0 Å². The molecule has 4 atom stereocenters. The van der Waals surface area contributed by atoms with Crippen molar-refractivity contribution in [2.75, 3.05) is 25.6 Å². The van der Waals surface area contributed by atoms with Crippen LogP contribution in [0.5, 0.6) is 5.75 Å². The molecule has 0 aliphatic carbocycles. The fourth-order valence-electron chi connectivity index (χ4n) is 4.23. The molecule has 10 heteroatoms. The Hall–Kier alpha value is -3.18. The summed E-state index contributed by atoms with van der Waals surface area (Å²) in [6.07, 6.45) is -2.43. The summed E-state index contributed by atoms with van der Waals surface area (Å²) in [5, 5.41) is 4.44. The van der Waals surface area contributed by atoms with E-state index in [-0.39, 0.29) is 18.1 Å². The van der Waals surface area contributed by atoms with E-state index in [4.69, 9.17) is 18.9 Å². The Morgan fingerprint density at radius 1 is 0.941 bits per heavy atom. The van der Waals surface area contributed by atoms with Gasteiger partial charge in [-0.05, 0) is 47.2 Å². The van der Waals surface area contributed by atoms with Crippen molar-refractivity contribution in [2.45, 2.75) is 29.2 Å². The molecule has 0 aromatic heterocycles. The maximum absolute atomic E-state index is 13.0. The van der Waals surface area contributed by atoms with Gasteiger partial charge in [0.2, 0.25) is 10.0 Å². The Morgan fingerprint density at radius 2 is 1.68 bits per heavy atom. The minimum Gasteiger partial charge on any atom is -0.497 e. The molecule has 2 saturated heterocycles. The van der Waals surface area contributed by atoms with Crippen LogP contribution in [0.3, 0.4) is 0 Å². The normalized spacial score (nSPS) is 24.0. The van der Waals surface area contributed by atoms with Crippen LogP contribution in [0.2, 0.25) is 0 Å². The molecule has 2 aliphatic heterocycles. The van der Waals surface area contributed by atoms with Crippen molar-refractivity contribution >= 4 is 32.6 Å². The monoisotopic (exact) mass is 484 g/mol. The number of hydrogen-bond donors (Lipinski definition) is 2. The average molecular weight is 485 g/mol. The molecule has 34 heavy (non-hydrogen) atoms. The summed E-state index contributed by atoms with van der Waals surface area (Å²) in [6, 6.07) is 18.8. The first kappa shape index (κ1) is 22.6. The van der Waals surface area contributed by atoms with Gasteiger partial charge < -0.3 is 18.9 Å². The molecule has 0 unspecified atom stereocenters. The molecule has 0 radical (unpaired) electrons. The second kappa shape index (κ2) is 9.22. The van der Waals surface area contributed by atoms with Gasteiger partial charge in [0.05, 0.1) is 31.3 Å². The summed E-state index contributed by atoms with van der Waals surface area (Å²) in [4.78, 5) is 12.5. The number of carbonyl (C=O) groups excluding carboxylic acids is 1. The molecule has 3 aromatic carbocycles. The molecule has 9 nitrogen and oxygen atoms in total. The van der Waals surface area contributed by atoms with Crippen molar-refractivity contribution in [3.63, 3.8) is 0 Å². The first-order valence-corrected chi connectivity index (χ1v) is 12.3. The highest BCUT2D eigenvalue weighted by Crippen LogP contribution is 2.30. The van der Waals surface area contributed by atoms with E-state index in [1.807, 2.05) is 24.3 Å². The maximum Gasteiger partial charge on any atom is 0.412 e. The Balaban J connectivity index is 1.21. The molecule has 3 aromatic rings. The van der Waals surface area contributed by atoms with Crippen molar-refractivity contribution in [3.05, 3.63) is 66.7 Å². The lowest BCUT2D eigenvalue weighted by Crippen LogP contribution is -2.44. The molecule has 2 aliphatic rings. The minimum atomic E-state index is -3.80. The highest BCUT2D eigenvalue weighted by molar-refractivity contribution is 7.89. The van der Waals surface area contributed by atoms with Gasteiger partial charge in [-0.1, -0.05) is 30.3 Å². The fraction of sp³-hybridized carbons (Fsp3) is 0.292. The van der Waals surface area contributed by atoms with E-state index in [2.05, 4.69) is 10.0 Å². The summed E-state index contributed by atoms with van der Waals surface area (Å²) in [7, 11) is -2.24. The van der Waals surface area contributed by atoms with E-state index in [9.17, 15) is 13.2 Å². The lowest BCUT2D eigenvalue weighted by molar-refractivity contribution is 0.00883. The van der Waals surface area contributed by atoms with E-state index >= 15 is 0 Å². The Kier molecular flexibility index (Phi) is 6.13. The second-order valence-electron chi connectivity index (χ2n) is 8.13. The SMILES string of the molecule is COc1ccc(NC(=O)O[C@H]2CO[C@@H]3[C@@H]2OC[C@@H]3NS(=O)(=O)c2ccc3ccccc3c2)cc1. The number of methoxy groups -OCH3 is 1. The van der Waals surface area contributed by atoms with Crippen molar-refractivity contribution < 1.29 is 32.2 Å². The number of anilines is 1. The second-order valence-corrected chi connectivity index (χ2v) is 9.84. The molecule has 0 saturated carbocycles. The number of benzene rings is 3. The third-order valence-corrected chi connectivity index (χ3v) is 7.43. The molecule has 2 N–H and O–H groups in total. The number of rotatable bonds is 6. The zero-order chi connectivity index (χ0) is 23.7. The largest absolute Gasteiger partial charge is 0.497 e. The van der Waals surface area contributed by atoms with E-state index in [0.29, 0.717) is 11.4 Å². The maximum atomic E-state index is 13.0. The molecule has 2 heterocycles. The number of fused-ring (bicyclic) bond motifs is 2. The van der Waals surface area contributed by atoms with E-state index in [1.54, 1.807) is 49.6 Å². The van der Waals surface area contributed by atoms with Gasteiger partial charge >= 0.3 is 6.09 Å². The predicted molar refractivity (Wildman–Crippen MR) is 124 cm³/mol. The highest BCUT2D eigenvalue weighted by atomic mass is 32.2. The molecule has 0 bridgehead atoms. The molecule has 5 rings (SSSR count). The first-order valence-electron chi connectivity index (χ1n) is 10.8. The third-order valence-electron chi connectivity index (χ3n) is 5.94. The average Bonchev–Trinajstić information content (AvgIpc) is 3.42. The van der Waals surface area contributed by atoms with Gasteiger partial charge in [0, 0.05) is 5.69 Å². The first-order chi connectivity index (χ1) is 16.4. The lowest BCUT2D eigenvalue weighted by Gasteiger charge is -2.18. The molecule has 178 valence electrons. The molecule has 2 fully saturated rings. The van der Waals surface area contributed by atoms with Crippen LogP contribution in [-0.2, 0) is 24.2 Å². The number of nitrogens with one attached hydrogen (secondary N) is 2.